The van der Waals surface area contributed by atoms with E-state index >= 15 is 0 Å². The van der Waals surface area contributed by atoms with Gasteiger partial charge in [-0.25, -0.2) is 9.59 Å². The van der Waals surface area contributed by atoms with Crippen LogP contribution in [0.4, 0.5) is 4.79 Å². The second kappa shape index (κ2) is 5.87. The summed E-state index contributed by atoms with van der Waals surface area (Å²) in [6, 6.07) is -0.544. The molecule has 0 aromatic carbocycles. The predicted molar refractivity (Wildman–Crippen MR) is 66.8 cm³/mol. The first-order valence-electron chi connectivity index (χ1n) is 6.23. The number of carbonyl (C=O) groups excluding carboxylic acids is 1. The van der Waals surface area contributed by atoms with Crippen LogP contribution in [0.25, 0.3) is 0 Å². The van der Waals surface area contributed by atoms with Gasteiger partial charge in [0.05, 0.1) is 6.54 Å². The molecule has 0 radical (unpaired) electrons. The van der Waals surface area contributed by atoms with Gasteiger partial charge in [0, 0.05) is 33.1 Å². The number of carboxylic acids is 1. The number of hydrogen-bond acceptors (Lipinski definition) is 5. The number of aliphatic carboxylic acids is 1. The first-order chi connectivity index (χ1) is 9.53. The predicted octanol–water partition coefficient (Wildman–Crippen LogP) is -0.752. The summed E-state index contributed by atoms with van der Waals surface area (Å²) in [6.07, 6.45) is 2.02. The lowest BCUT2D eigenvalue weighted by Gasteiger charge is -2.33. The highest BCUT2D eigenvalue weighted by molar-refractivity contribution is 5.86. The summed E-state index contributed by atoms with van der Waals surface area (Å²) in [4.78, 5) is 23.2. The molecule has 0 atom stereocenters. The Morgan fingerprint density at radius 3 is 2.75 bits per heavy atom. The number of rotatable bonds is 4. The van der Waals surface area contributed by atoms with Crippen LogP contribution in [0.5, 0.6) is 0 Å². The van der Waals surface area contributed by atoms with Gasteiger partial charge in [0.25, 0.3) is 0 Å². The summed E-state index contributed by atoms with van der Waals surface area (Å²) in [7, 11) is 1.76. The van der Waals surface area contributed by atoms with Gasteiger partial charge in [-0.3, -0.25) is 0 Å². The van der Waals surface area contributed by atoms with Gasteiger partial charge in [0.1, 0.15) is 11.9 Å². The van der Waals surface area contributed by atoms with E-state index in [4.69, 9.17) is 4.74 Å². The van der Waals surface area contributed by atoms with E-state index < -0.39 is 17.5 Å². The van der Waals surface area contributed by atoms with E-state index in [2.05, 4.69) is 20.8 Å². The molecule has 0 aliphatic carbocycles. The number of carbonyl (C=O) groups is 2. The molecule has 1 aromatic rings. The molecular weight excluding hydrogens is 266 g/mol. The lowest BCUT2D eigenvalue weighted by Crippen LogP contribution is -2.59. The molecule has 0 saturated carbocycles. The zero-order valence-corrected chi connectivity index (χ0v) is 11.1. The number of aryl methyl sites for hydroxylation is 1. The smallest absolute Gasteiger partial charge is 0.329 e. The van der Waals surface area contributed by atoms with Gasteiger partial charge in [-0.2, -0.15) is 0 Å². The molecule has 1 aliphatic heterocycles. The quantitative estimate of drug-likeness (QED) is 0.669. The molecule has 1 aromatic heterocycles. The van der Waals surface area contributed by atoms with Crippen molar-refractivity contribution in [2.45, 2.75) is 24.9 Å². The van der Waals surface area contributed by atoms with Crippen molar-refractivity contribution in [3.05, 3.63) is 12.2 Å². The molecule has 20 heavy (non-hydrogen) atoms. The highest BCUT2D eigenvalue weighted by Crippen LogP contribution is 2.20. The van der Waals surface area contributed by atoms with Crippen molar-refractivity contribution in [1.82, 2.24) is 25.4 Å². The second-order valence-electron chi connectivity index (χ2n) is 4.67. The molecule has 2 rings (SSSR count). The molecule has 1 fully saturated rings. The molecule has 9 heteroatoms. The van der Waals surface area contributed by atoms with E-state index in [0.717, 1.165) is 0 Å². The van der Waals surface area contributed by atoms with Crippen LogP contribution in [-0.2, 0) is 23.1 Å². The SMILES string of the molecule is Cn1cnnc1CNC(=O)NC1(C(=O)O)CCOCC1. The molecule has 0 spiro atoms. The molecule has 110 valence electrons. The molecular formula is C11H17N5O4. The normalized spacial score (nSPS) is 17.4. The van der Waals surface area contributed by atoms with Gasteiger partial charge >= 0.3 is 12.0 Å². The van der Waals surface area contributed by atoms with Crippen molar-refractivity contribution in [2.75, 3.05) is 13.2 Å². The topological polar surface area (TPSA) is 118 Å². The number of urea groups is 1. The highest BCUT2D eigenvalue weighted by atomic mass is 16.5. The fourth-order valence-electron chi connectivity index (χ4n) is 2.00. The van der Waals surface area contributed by atoms with Gasteiger partial charge < -0.3 is 25.0 Å². The molecule has 3 N–H and O–H groups in total. The van der Waals surface area contributed by atoms with E-state index in [0.29, 0.717) is 19.0 Å². The largest absolute Gasteiger partial charge is 0.480 e. The molecule has 1 saturated heterocycles. The first-order valence-corrected chi connectivity index (χ1v) is 6.23. The number of carboxylic acid groups (broad SMARTS) is 1. The van der Waals surface area contributed by atoms with Gasteiger partial charge in [-0.15, -0.1) is 10.2 Å². The minimum Gasteiger partial charge on any atom is -0.480 e. The van der Waals surface area contributed by atoms with Crippen molar-refractivity contribution in [2.24, 2.45) is 7.05 Å². The van der Waals surface area contributed by atoms with Crippen LogP contribution in [0.3, 0.4) is 0 Å². The van der Waals surface area contributed by atoms with Crippen LogP contribution in [0.2, 0.25) is 0 Å². The number of amides is 2. The summed E-state index contributed by atoms with van der Waals surface area (Å²) in [5.74, 6) is -0.467. The zero-order chi connectivity index (χ0) is 14.6. The maximum Gasteiger partial charge on any atom is 0.329 e. The lowest BCUT2D eigenvalue weighted by molar-refractivity contribution is -0.148. The van der Waals surface area contributed by atoms with E-state index in [1.807, 2.05) is 0 Å². The Balaban J connectivity index is 1.92. The first kappa shape index (κ1) is 14.3. The summed E-state index contributed by atoms with van der Waals surface area (Å²) in [6.45, 7) is 0.806. The van der Waals surface area contributed by atoms with E-state index in [1.54, 1.807) is 11.6 Å². The number of hydrogen-bond donors (Lipinski definition) is 3. The Morgan fingerprint density at radius 1 is 1.50 bits per heavy atom. The van der Waals surface area contributed by atoms with Crippen molar-refractivity contribution in [3.63, 3.8) is 0 Å². The van der Waals surface area contributed by atoms with Crippen LogP contribution >= 0.6 is 0 Å². The monoisotopic (exact) mass is 283 g/mol. The van der Waals surface area contributed by atoms with Crippen LogP contribution in [0.1, 0.15) is 18.7 Å². The molecule has 1 aliphatic rings. The zero-order valence-electron chi connectivity index (χ0n) is 11.1. The maximum absolute atomic E-state index is 11.8. The standard InChI is InChI=1S/C11H17N5O4/c1-16-7-13-15-8(16)6-12-10(19)14-11(9(17)18)2-4-20-5-3-11/h7H,2-6H2,1H3,(H,17,18)(H2,12,14,19). The van der Waals surface area contributed by atoms with Crippen molar-refractivity contribution >= 4 is 12.0 Å². The van der Waals surface area contributed by atoms with Gasteiger partial charge in [-0.1, -0.05) is 0 Å². The Bertz CT molecular complexity index is 495. The van der Waals surface area contributed by atoms with Gasteiger partial charge in [0.15, 0.2) is 5.82 Å². The third-order valence-electron chi connectivity index (χ3n) is 3.32. The third kappa shape index (κ3) is 3.05. The van der Waals surface area contributed by atoms with Crippen LogP contribution in [0.15, 0.2) is 6.33 Å². The molecule has 9 nitrogen and oxygen atoms in total. The highest BCUT2D eigenvalue weighted by Gasteiger charge is 2.41. The summed E-state index contributed by atoms with van der Waals surface area (Å²) in [5.41, 5.74) is -1.26. The maximum atomic E-state index is 11.8. The van der Waals surface area contributed by atoms with Crippen LogP contribution in [0, 0.1) is 0 Å². The average Bonchev–Trinajstić information content (AvgIpc) is 2.83. The van der Waals surface area contributed by atoms with Crippen LogP contribution in [-0.4, -0.2) is 50.6 Å². The average molecular weight is 283 g/mol. The molecule has 2 amide bonds. The van der Waals surface area contributed by atoms with E-state index in [1.165, 1.54) is 6.33 Å². The minimum atomic E-state index is -1.26. The fourth-order valence-corrected chi connectivity index (χ4v) is 2.00. The third-order valence-corrected chi connectivity index (χ3v) is 3.32. The van der Waals surface area contributed by atoms with Crippen molar-refractivity contribution in [3.8, 4) is 0 Å². The Hall–Kier alpha value is -2.16. The van der Waals surface area contributed by atoms with E-state index in [9.17, 15) is 14.7 Å². The summed E-state index contributed by atoms with van der Waals surface area (Å²) >= 11 is 0. The second-order valence-corrected chi connectivity index (χ2v) is 4.67. The van der Waals surface area contributed by atoms with E-state index in [-0.39, 0.29) is 19.4 Å². The molecule has 0 unspecified atom stereocenters. The number of aromatic nitrogens is 3. The number of nitrogens with zero attached hydrogens (tertiary/aromatic N) is 3. The van der Waals surface area contributed by atoms with Crippen molar-refractivity contribution in [1.29, 1.82) is 0 Å². The van der Waals surface area contributed by atoms with Gasteiger partial charge in [-0.05, 0) is 0 Å². The minimum absolute atomic E-state index is 0.175. The summed E-state index contributed by atoms with van der Waals surface area (Å²) < 4.78 is 6.80. The summed E-state index contributed by atoms with van der Waals surface area (Å²) in [5, 5.41) is 21.9. The number of nitrogens with one attached hydrogen (secondary N) is 2. The lowest BCUT2D eigenvalue weighted by atomic mass is 9.90. The molecule has 0 bridgehead atoms. The Morgan fingerprint density at radius 2 is 2.20 bits per heavy atom. The van der Waals surface area contributed by atoms with Crippen LogP contribution < -0.4 is 10.6 Å². The molecule has 2 heterocycles. The Labute approximate surface area is 115 Å². The Kier molecular flexibility index (Phi) is 4.18. The number of ether oxygens (including phenoxy) is 1. The fraction of sp³-hybridized carbons (Fsp3) is 0.636. The van der Waals surface area contributed by atoms with Gasteiger partial charge in [0.2, 0.25) is 0 Å². The van der Waals surface area contributed by atoms with Crippen molar-refractivity contribution < 1.29 is 19.4 Å².